The summed E-state index contributed by atoms with van der Waals surface area (Å²) in [5.74, 6) is 1.70. The van der Waals surface area contributed by atoms with Crippen LogP contribution in [0.4, 0.5) is 5.69 Å². The van der Waals surface area contributed by atoms with Gasteiger partial charge in [0.25, 0.3) is 0 Å². The Morgan fingerprint density at radius 3 is 2.29 bits per heavy atom. The zero-order valence-corrected chi connectivity index (χ0v) is 12.1. The van der Waals surface area contributed by atoms with Gasteiger partial charge >= 0.3 is 0 Å². The molecular weight excluding hydrogens is 286 g/mol. The molecule has 3 N–H and O–H groups in total. The van der Waals surface area contributed by atoms with E-state index in [-0.39, 0.29) is 18.2 Å². The Hall–Kier alpha value is -2.39. The van der Waals surface area contributed by atoms with E-state index in [2.05, 4.69) is 12.1 Å². The molecule has 2 aromatic carbocycles. The second-order valence-corrected chi connectivity index (χ2v) is 4.71. The van der Waals surface area contributed by atoms with Crippen LogP contribution in [0.2, 0.25) is 0 Å². The number of aromatic hydroxyl groups is 1. The highest BCUT2D eigenvalue weighted by Gasteiger charge is 2.11. The van der Waals surface area contributed by atoms with Gasteiger partial charge in [-0.15, -0.1) is 12.4 Å². The van der Waals surface area contributed by atoms with Crippen molar-refractivity contribution in [2.24, 2.45) is 0 Å². The van der Waals surface area contributed by atoms with Crippen molar-refractivity contribution in [2.45, 2.75) is 6.42 Å². The fourth-order valence-electron chi connectivity index (χ4n) is 2.18. The Morgan fingerprint density at radius 1 is 0.952 bits per heavy atom. The Balaban J connectivity index is 0.00000161. The molecule has 0 fully saturated rings. The molecule has 0 unspecified atom stereocenters. The lowest BCUT2D eigenvalue weighted by atomic mass is 10.1. The first-order valence-corrected chi connectivity index (χ1v) is 6.44. The van der Waals surface area contributed by atoms with Gasteiger partial charge in [0, 0.05) is 18.1 Å². The maximum atomic E-state index is 9.31. The number of phenols is 1. The summed E-state index contributed by atoms with van der Waals surface area (Å²) in [7, 11) is 0. The number of phenolic OH excluding ortho intramolecular Hbond substituents is 1. The van der Waals surface area contributed by atoms with Crippen molar-refractivity contribution in [3.05, 3.63) is 72.0 Å². The first kappa shape index (κ1) is 15.0. The van der Waals surface area contributed by atoms with Gasteiger partial charge in [-0.2, -0.15) is 0 Å². The first-order valence-electron chi connectivity index (χ1n) is 6.44. The lowest BCUT2D eigenvalue weighted by molar-refractivity contribution is 0.475. The van der Waals surface area contributed by atoms with Gasteiger partial charge in [-0.1, -0.05) is 30.3 Å². The number of hydrogen-bond donors (Lipinski definition) is 2. The lowest BCUT2D eigenvalue weighted by Gasteiger charge is -2.00. The minimum absolute atomic E-state index is 0. The van der Waals surface area contributed by atoms with Crippen LogP contribution in [0.3, 0.4) is 0 Å². The summed E-state index contributed by atoms with van der Waals surface area (Å²) in [6.07, 6.45) is 0.711. The van der Waals surface area contributed by atoms with Crippen LogP contribution >= 0.6 is 12.4 Å². The molecule has 3 aromatic rings. The Bertz CT molecular complexity index is 705. The van der Waals surface area contributed by atoms with Crippen molar-refractivity contribution in [1.29, 1.82) is 0 Å². The number of furan rings is 1. The number of nitrogens with two attached hydrogens (primary N) is 1. The van der Waals surface area contributed by atoms with Crippen molar-refractivity contribution < 1.29 is 9.52 Å². The molecule has 4 heteroatoms. The van der Waals surface area contributed by atoms with Crippen LogP contribution < -0.4 is 5.73 Å². The van der Waals surface area contributed by atoms with Crippen molar-refractivity contribution in [2.75, 3.05) is 5.73 Å². The number of halogens is 1. The van der Waals surface area contributed by atoms with Crippen LogP contribution in [0.15, 0.2) is 65.1 Å². The third-order valence-electron chi connectivity index (χ3n) is 3.16. The van der Waals surface area contributed by atoms with Crippen LogP contribution in [0.5, 0.6) is 5.75 Å². The smallest absolute Gasteiger partial charge is 0.157 e. The van der Waals surface area contributed by atoms with E-state index < -0.39 is 0 Å². The maximum absolute atomic E-state index is 9.31. The molecule has 21 heavy (non-hydrogen) atoms. The van der Waals surface area contributed by atoms with Crippen LogP contribution in [0, 0.1) is 0 Å². The highest BCUT2D eigenvalue weighted by Crippen LogP contribution is 2.31. The number of nitrogen functional groups attached to an aromatic ring is 1. The average Bonchev–Trinajstić information content (AvgIpc) is 2.81. The minimum Gasteiger partial charge on any atom is -0.508 e. The fourth-order valence-corrected chi connectivity index (χ4v) is 2.18. The number of rotatable bonds is 3. The standard InChI is InChI=1S/C17H15NO2.ClH/c18-16-11-15(10-12-4-2-1-3-5-12)20-17(16)13-6-8-14(19)9-7-13;/h1-9,11,19H,10,18H2;1H. The highest BCUT2D eigenvalue weighted by molar-refractivity contribution is 5.85. The first-order chi connectivity index (χ1) is 9.72. The zero-order valence-electron chi connectivity index (χ0n) is 11.3. The fraction of sp³-hybridized carbons (Fsp3) is 0.0588. The summed E-state index contributed by atoms with van der Waals surface area (Å²) in [6.45, 7) is 0. The average molecular weight is 302 g/mol. The van der Waals surface area contributed by atoms with Crippen LogP contribution in [-0.2, 0) is 6.42 Å². The van der Waals surface area contributed by atoms with Crippen molar-refractivity contribution in [3.8, 4) is 17.1 Å². The molecule has 3 nitrogen and oxygen atoms in total. The van der Waals surface area contributed by atoms with E-state index in [1.807, 2.05) is 24.3 Å². The van der Waals surface area contributed by atoms with Gasteiger partial charge in [0.15, 0.2) is 5.76 Å². The summed E-state index contributed by atoms with van der Waals surface area (Å²) >= 11 is 0. The molecule has 0 saturated carbocycles. The molecule has 3 rings (SSSR count). The molecule has 108 valence electrons. The predicted octanol–water partition coefficient (Wildman–Crippen LogP) is 4.25. The molecule has 0 atom stereocenters. The Labute approximate surface area is 129 Å². The molecule has 0 bridgehead atoms. The van der Waals surface area contributed by atoms with Crippen molar-refractivity contribution >= 4 is 18.1 Å². The minimum atomic E-state index is 0. The number of anilines is 1. The van der Waals surface area contributed by atoms with Gasteiger partial charge in [0.1, 0.15) is 11.5 Å². The maximum Gasteiger partial charge on any atom is 0.157 e. The van der Waals surface area contributed by atoms with Crippen molar-refractivity contribution in [1.82, 2.24) is 0 Å². The monoisotopic (exact) mass is 301 g/mol. The quantitative estimate of drug-likeness (QED) is 0.760. The molecule has 0 spiro atoms. The van der Waals surface area contributed by atoms with Gasteiger partial charge in [-0.05, 0) is 29.8 Å². The number of benzene rings is 2. The summed E-state index contributed by atoms with van der Waals surface area (Å²) < 4.78 is 5.84. The molecule has 0 aliphatic heterocycles. The zero-order chi connectivity index (χ0) is 13.9. The van der Waals surface area contributed by atoms with Gasteiger partial charge in [-0.3, -0.25) is 0 Å². The van der Waals surface area contributed by atoms with E-state index in [4.69, 9.17) is 10.2 Å². The third kappa shape index (κ3) is 3.38. The molecule has 1 aromatic heterocycles. The van der Waals surface area contributed by atoms with Crippen LogP contribution in [0.1, 0.15) is 11.3 Å². The second-order valence-electron chi connectivity index (χ2n) is 4.71. The van der Waals surface area contributed by atoms with Gasteiger partial charge in [-0.25, -0.2) is 0 Å². The van der Waals surface area contributed by atoms with E-state index in [1.165, 1.54) is 5.56 Å². The van der Waals surface area contributed by atoms with E-state index in [0.29, 0.717) is 17.9 Å². The molecule has 0 amide bonds. The normalized spacial score (nSPS) is 10.1. The third-order valence-corrected chi connectivity index (χ3v) is 3.16. The molecule has 0 aliphatic carbocycles. The van der Waals surface area contributed by atoms with E-state index in [1.54, 1.807) is 24.3 Å². The van der Waals surface area contributed by atoms with Gasteiger partial charge < -0.3 is 15.3 Å². The molecule has 0 radical (unpaired) electrons. The topological polar surface area (TPSA) is 59.4 Å². The summed E-state index contributed by atoms with van der Waals surface area (Å²) in [4.78, 5) is 0. The van der Waals surface area contributed by atoms with Crippen LogP contribution in [0.25, 0.3) is 11.3 Å². The SMILES string of the molecule is Cl.Nc1cc(Cc2ccccc2)oc1-c1ccc(O)cc1. The Kier molecular flexibility index (Phi) is 4.55. The molecular formula is C17H16ClNO2. The molecule has 0 saturated heterocycles. The summed E-state index contributed by atoms with van der Waals surface area (Å²) in [6, 6.07) is 18.8. The predicted molar refractivity (Wildman–Crippen MR) is 86.7 cm³/mol. The summed E-state index contributed by atoms with van der Waals surface area (Å²) in [5.41, 5.74) is 8.66. The molecule has 1 heterocycles. The highest BCUT2D eigenvalue weighted by atomic mass is 35.5. The van der Waals surface area contributed by atoms with Gasteiger partial charge in [0.2, 0.25) is 0 Å². The van der Waals surface area contributed by atoms with Gasteiger partial charge in [0.05, 0.1) is 5.69 Å². The largest absolute Gasteiger partial charge is 0.508 e. The Morgan fingerprint density at radius 2 is 1.62 bits per heavy atom. The summed E-state index contributed by atoms with van der Waals surface area (Å²) in [5, 5.41) is 9.31. The molecule has 0 aliphatic rings. The van der Waals surface area contributed by atoms with E-state index in [0.717, 1.165) is 11.3 Å². The second kappa shape index (κ2) is 6.37. The van der Waals surface area contributed by atoms with E-state index >= 15 is 0 Å². The van der Waals surface area contributed by atoms with Crippen molar-refractivity contribution in [3.63, 3.8) is 0 Å². The number of hydrogen-bond acceptors (Lipinski definition) is 3. The lowest BCUT2D eigenvalue weighted by Crippen LogP contribution is -1.84. The van der Waals surface area contributed by atoms with E-state index in [9.17, 15) is 5.11 Å². The van der Waals surface area contributed by atoms with Crippen LogP contribution in [-0.4, -0.2) is 5.11 Å².